The van der Waals surface area contributed by atoms with E-state index in [-0.39, 0.29) is 5.91 Å². The van der Waals surface area contributed by atoms with E-state index in [1.54, 1.807) is 4.90 Å². The Morgan fingerprint density at radius 2 is 2.05 bits per heavy atom. The van der Waals surface area contributed by atoms with Crippen molar-refractivity contribution in [2.45, 2.75) is 33.6 Å². The van der Waals surface area contributed by atoms with Crippen LogP contribution in [0.1, 0.15) is 41.5 Å². The fourth-order valence-electron chi connectivity index (χ4n) is 2.64. The Morgan fingerprint density at radius 1 is 1.42 bits per heavy atom. The lowest BCUT2D eigenvalue weighted by Gasteiger charge is -2.36. The molecule has 100 valence electrons. The molecule has 0 spiro atoms. The number of carbonyl (C=O) groups excluding carboxylic acids is 1. The number of aromatic nitrogens is 1. The lowest BCUT2D eigenvalue weighted by molar-refractivity contribution is 0.0629. The number of pyridine rings is 1. The maximum atomic E-state index is 12.5. The molecule has 4 nitrogen and oxygen atoms in total. The van der Waals surface area contributed by atoms with E-state index < -0.39 is 5.41 Å². The molecule has 1 aliphatic rings. The molecule has 1 aromatic rings. The van der Waals surface area contributed by atoms with Crippen molar-refractivity contribution in [3.8, 4) is 6.07 Å². The van der Waals surface area contributed by atoms with Crippen LogP contribution in [-0.4, -0.2) is 28.9 Å². The van der Waals surface area contributed by atoms with Crippen molar-refractivity contribution in [2.24, 2.45) is 5.41 Å². The molecule has 0 saturated carbocycles. The minimum Gasteiger partial charge on any atom is -0.337 e. The highest BCUT2D eigenvalue weighted by Crippen LogP contribution is 2.29. The molecule has 1 aliphatic heterocycles. The minimum atomic E-state index is -0.412. The second-order valence-electron chi connectivity index (χ2n) is 5.64. The minimum absolute atomic E-state index is 0.00905. The molecule has 1 amide bonds. The standard InChI is InChI=1S/C15H19N3O/c1-11-7-13(8-12(2)17-11)14(19)18-6-4-5-15(3,9-16)10-18/h7-8H,4-6,10H2,1-3H3. The summed E-state index contributed by atoms with van der Waals surface area (Å²) in [6.45, 7) is 6.95. The summed E-state index contributed by atoms with van der Waals surface area (Å²) in [4.78, 5) is 18.6. The van der Waals surface area contributed by atoms with Crippen molar-refractivity contribution < 1.29 is 4.79 Å². The number of nitrogens with zero attached hydrogens (tertiary/aromatic N) is 3. The predicted octanol–water partition coefficient (Wildman–Crippen LogP) is 2.46. The molecule has 1 fully saturated rings. The van der Waals surface area contributed by atoms with Crippen LogP contribution in [-0.2, 0) is 0 Å². The van der Waals surface area contributed by atoms with E-state index in [9.17, 15) is 10.1 Å². The number of carbonyl (C=O) groups is 1. The highest BCUT2D eigenvalue weighted by atomic mass is 16.2. The van der Waals surface area contributed by atoms with Gasteiger partial charge in [-0.15, -0.1) is 0 Å². The van der Waals surface area contributed by atoms with Gasteiger partial charge in [0.05, 0.1) is 11.5 Å². The van der Waals surface area contributed by atoms with Gasteiger partial charge in [-0.1, -0.05) is 0 Å². The average Bonchev–Trinajstić information content (AvgIpc) is 2.37. The van der Waals surface area contributed by atoms with E-state index in [1.807, 2.05) is 32.9 Å². The first-order chi connectivity index (χ1) is 8.93. The third-order valence-electron chi connectivity index (χ3n) is 3.58. The number of piperidine rings is 1. The van der Waals surface area contributed by atoms with Gasteiger partial charge in [0.2, 0.25) is 0 Å². The average molecular weight is 257 g/mol. The van der Waals surface area contributed by atoms with Crippen molar-refractivity contribution in [1.82, 2.24) is 9.88 Å². The summed E-state index contributed by atoms with van der Waals surface area (Å²) in [5, 5.41) is 9.21. The third-order valence-corrected chi connectivity index (χ3v) is 3.58. The summed E-state index contributed by atoms with van der Waals surface area (Å²) < 4.78 is 0. The maximum absolute atomic E-state index is 12.5. The van der Waals surface area contributed by atoms with Gasteiger partial charge in [0, 0.05) is 30.0 Å². The summed E-state index contributed by atoms with van der Waals surface area (Å²) in [7, 11) is 0. The molecule has 1 aromatic heterocycles. The lowest BCUT2D eigenvalue weighted by atomic mass is 9.83. The number of rotatable bonds is 1. The van der Waals surface area contributed by atoms with Gasteiger partial charge in [-0.3, -0.25) is 9.78 Å². The Bertz CT molecular complexity index is 527. The van der Waals surface area contributed by atoms with Gasteiger partial charge in [-0.25, -0.2) is 0 Å². The Morgan fingerprint density at radius 3 is 2.63 bits per heavy atom. The normalized spacial score (nSPS) is 22.9. The first kappa shape index (κ1) is 13.5. The van der Waals surface area contributed by atoms with Gasteiger partial charge in [-0.05, 0) is 45.7 Å². The Labute approximate surface area is 114 Å². The molecular weight excluding hydrogens is 238 g/mol. The number of aryl methyl sites for hydroxylation is 2. The van der Waals surface area contributed by atoms with Gasteiger partial charge in [-0.2, -0.15) is 5.26 Å². The van der Waals surface area contributed by atoms with E-state index in [2.05, 4.69) is 11.1 Å². The fourth-order valence-corrected chi connectivity index (χ4v) is 2.64. The van der Waals surface area contributed by atoms with Gasteiger partial charge >= 0.3 is 0 Å². The molecule has 0 radical (unpaired) electrons. The van der Waals surface area contributed by atoms with Crippen molar-refractivity contribution in [1.29, 1.82) is 5.26 Å². The molecule has 0 aromatic carbocycles. The van der Waals surface area contributed by atoms with Crippen LogP contribution in [0.3, 0.4) is 0 Å². The van der Waals surface area contributed by atoms with Crippen LogP contribution in [0.4, 0.5) is 0 Å². The zero-order valence-electron chi connectivity index (χ0n) is 11.7. The van der Waals surface area contributed by atoms with Crippen LogP contribution in [0.25, 0.3) is 0 Å². The molecule has 2 rings (SSSR count). The number of amides is 1. The SMILES string of the molecule is Cc1cc(C(=O)N2CCCC(C)(C#N)C2)cc(C)n1. The van der Waals surface area contributed by atoms with Crippen LogP contribution in [0, 0.1) is 30.6 Å². The predicted molar refractivity (Wildman–Crippen MR) is 72.6 cm³/mol. The third kappa shape index (κ3) is 2.93. The van der Waals surface area contributed by atoms with E-state index in [1.165, 1.54) is 0 Å². The molecule has 1 atom stereocenters. The quantitative estimate of drug-likeness (QED) is 0.776. The van der Waals surface area contributed by atoms with Gasteiger partial charge in [0.15, 0.2) is 0 Å². The second kappa shape index (κ2) is 5.00. The van der Waals surface area contributed by atoms with Gasteiger partial charge < -0.3 is 4.90 Å². The first-order valence-corrected chi connectivity index (χ1v) is 6.59. The van der Waals surface area contributed by atoms with Crippen LogP contribution < -0.4 is 0 Å². The highest BCUT2D eigenvalue weighted by molar-refractivity contribution is 5.94. The zero-order chi connectivity index (χ0) is 14.0. The molecule has 1 saturated heterocycles. The molecule has 1 unspecified atom stereocenters. The van der Waals surface area contributed by atoms with Gasteiger partial charge in [0.1, 0.15) is 0 Å². The van der Waals surface area contributed by atoms with Gasteiger partial charge in [0.25, 0.3) is 5.91 Å². The van der Waals surface area contributed by atoms with Crippen LogP contribution in [0.5, 0.6) is 0 Å². The van der Waals surface area contributed by atoms with Crippen LogP contribution in [0.15, 0.2) is 12.1 Å². The fraction of sp³-hybridized carbons (Fsp3) is 0.533. The summed E-state index contributed by atoms with van der Waals surface area (Å²) in [5.74, 6) is 0.00905. The summed E-state index contributed by atoms with van der Waals surface area (Å²) in [5.41, 5.74) is 1.96. The molecule has 0 bridgehead atoms. The zero-order valence-corrected chi connectivity index (χ0v) is 11.7. The highest BCUT2D eigenvalue weighted by Gasteiger charge is 2.33. The Balaban J connectivity index is 2.22. The topological polar surface area (TPSA) is 57.0 Å². The molecular formula is C15H19N3O. The molecule has 0 aliphatic carbocycles. The van der Waals surface area contributed by atoms with Crippen molar-refractivity contribution in [2.75, 3.05) is 13.1 Å². The maximum Gasteiger partial charge on any atom is 0.254 e. The molecule has 4 heteroatoms. The number of hydrogen-bond donors (Lipinski definition) is 0. The summed E-state index contributed by atoms with van der Waals surface area (Å²) in [6.07, 6.45) is 1.75. The Kier molecular flexibility index (Phi) is 3.57. The number of likely N-dealkylation sites (tertiary alicyclic amines) is 1. The van der Waals surface area contributed by atoms with Crippen molar-refractivity contribution in [3.05, 3.63) is 29.1 Å². The first-order valence-electron chi connectivity index (χ1n) is 6.59. The van der Waals surface area contributed by atoms with Crippen molar-refractivity contribution in [3.63, 3.8) is 0 Å². The monoisotopic (exact) mass is 257 g/mol. The van der Waals surface area contributed by atoms with Crippen molar-refractivity contribution >= 4 is 5.91 Å². The summed E-state index contributed by atoms with van der Waals surface area (Å²) >= 11 is 0. The Hall–Kier alpha value is -1.89. The second-order valence-corrected chi connectivity index (χ2v) is 5.64. The van der Waals surface area contributed by atoms with E-state index in [0.29, 0.717) is 12.1 Å². The van der Waals surface area contributed by atoms with Crippen LogP contribution >= 0.6 is 0 Å². The molecule has 19 heavy (non-hydrogen) atoms. The summed E-state index contributed by atoms with van der Waals surface area (Å²) in [6, 6.07) is 5.96. The molecule has 0 N–H and O–H groups in total. The molecule has 2 heterocycles. The number of hydrogen-bond acceptors (Lipinski definition) is 3. The smallest absolute Gasteiger partial charge is 0.254 e. The largest absolute Gasteiger partial charge is 0.337 e. The van der Waals surface area contributed by atoms with E-state index in [0.717, 1.165) is 30.8 Å². The lowest BCUT2D eigenvalue weighted by Crippen LogP contribution is -2.44. The van der Waals surface area contributed by atoms with Crippen LogP contribution in [0.2, 0.25) is 0 Å². The number of nitriles is 1. The van der Waals surface area contributed by atoms with E-state index in [4.69, 9.17) is 0 Å². The van der Waals surface area contributed by atoms with E-state index >= 15 is 0 Å².